The third kappa shape index (κ3) is 4.02. The van der Waals surface area contributed by atoms with Crippen molar-refractivity contribution in [1.82, 2.24) is 9.62 Å². The number of hydrogen-bond donors (Lipinski definition) is 1. The van der Waals surface area contributed by atoms with Crippen LogP contribution in [-0.4, -0.2) is 44.6 Å². The molecule has 1 atom stereocenters. The highest BCUT2D eigenvalue weighted by Crippen LogP contribution is 2.21. The molecular formula is C12H18N2O3S2. The molecule has 106 valence electrons. The van der Waals surface area contributed by atoms with Crippen molar-refractivity contribution < 1.29 is 13.2 Å². The molecule has 0 aromatic carbocycles. The van der Waals surface area contributed by atoms with E-state index in [1.807, 2.05) is 17.5 Å². The van der Waals surface area contributed by atoms with Crippen LogP contribution in [0.3, 0.4) is 0 Å². The van der Waals surface area contributed by atoms with Crippen LogP contribution in [0.1, 0.15) is 28.9 Å². The Morgan fingerprint density at radius 2 is 2.32 bits per heavy atom. The summed E-state index contributed by atoms with van der Waals surface area (Å²) in [7, 11) is -3.21. The molecule has 7 heteroatoms. The molecule has 2 heterocycles. The SMILES string of the molecule is CS(=O)(=O)NCC1CCCCN1C(=O)c1cccs1. The number of nitrogens with zero attached hydrogens (tertiary/aromatic N) is 1. The lowest BCUT2D eigenvalue weighted by Crippen LogP contribution is -2.49. The van der Waals surface area contributed by atoms with Crippen LogP contribution in [0, 0.1) is 0 Å². The second-order valence-electron chi connectivity index (χ2n) is 4.75. The Kier molecular flexibility index (Phi) is 4.59. The quantitative estimate of drug-likeness (QED) is 0.911. The molecule has 0 aliphatic carbocycles. The molecule has 1 unspecified atom stereocenters. The van der Waals surface area contributed by atoms with Gasteiger partial charge < -0.3 is 4.90 Å². The van der Waals surface area contributed by atoms with E-state index in [9.17, 15) is 13.2 Å². The fraction of sp³-hybridized carbons (Fsp3) is 0.583. The number of carbonyl (C=O) groups excluding carboxylic acids is 1. The number of thiophene rings is 1. The minimum Gasteiger partial charge on any atom is -0.334 e. The van der Waals surface area contributed by atoms with Gasteiger partial charge >= 0.3 is 0 Å². The van der Waals surface area contributed by atoms with Gasteiger partial charge in [-0.3, -0.25) is 4.79 Å². The zero-order valence-corrected chi connectivity index (χ0v) is 12.5. The van der Waals surface area contributed by atoms with Gasteiger partial charge in [-0.05, 0) is 30.7 Å². The van der Waals surface area contributed by atoms with E-state index in [0.717, 1.165) is 25.5 Å². The van der Waals surface area contributed by atoms with Crippen molar-refractivity contribution in [2.24, 2.45) is 0 Å². The third-order valence-electron chi connectivity index (χ3n) is 3.20. The second kappa shape index (κ2) is 6.02. The third-order valence-corrected chi connectivity index (χ3v) is 4.75. The topological polar surface area (TPSA) is 66.5 Å². The largest absolute Gasteiger partial charge is 0.334 e. The van der Waals surface area contributed by atoms with Crippen LogP contribution >= 0.6 is 11.3 Å². The van der Waals surface area contributed by atoms with E-state index in [1.165, 1.54) is 11.3 Å². The zero-order valence-electron chi connectivity index (χ0n) is 10.8. The first-order valence-corrected chi connectivity index (χ1v) is 9.03. The Balaban J connectivity index is 2.05. The summed E-state index contributed by atoms with van der Waals surface area (Å²) in [6.45, 7) is 1.00. The normalized spacial score (nSPS) is 20.5. The number of nitrogens with one attached hydrogen (secondary N) is 1. The maximum Gasteiger partial charge on any atom is 0.264 e. The van der Waals surface area contributed by atoms with Gasteiger partial charge in [0.05, 0.1) is 11.1 Å². The van der Waals surface area contributed by atoms with Crippen LogP contribution in [0.15, 0.2) is 17.5 Å². The highest BCUT2D eigenvalue weighted by atomic mass is 32.2. The number of carbonyl (C=O) groups is 1. The molecule has 0 spiro atoms. The first-order valence-electron chi connectivity index (χ1n) is 6.26. The van der Waals surface area contributed by atoms with Crippen molar-refractivity contribution in [2.45, 2.75) is 25.3 Å². The van der Waals surface area contributed by atoms with Crippen LogP contribution < -0.4 is 4.72 Å². The first kappa shape index (κ1) is 14.5. The predicted octanol–water partition coefficient (Wildman–Crippen LogP) is 1.29. The zero-order chi connectivity index (χ0) is 13.9. The lowest BCUT2D eigenvalue weighted by molar-refractivity contribution is 0.0624. The maximum absolute atomic E-state index is 12.4. The fourth-order valence-electron chi connectivity index (χ4n) is 2.27. The van der Waals surface area contributed by atoms with Gasteiger partial charge in [0.25, 0.3) is 5.91 Å². The van der Waals surface area contributed by atoms with Crippen molar-refractivity contribution in [3.05, 3.63) is 22.4 Å². The minimum atomic E-state index is -3.21. The summed E-state index contributed by atoms with van der Waals surface area (Å²) < 4.78 is 24.8. The summed E-state index contributed by atoms with van der Waals surface area (Å²) in [6.07, 6.45) is 4.00. The first-order chi connectivity index (χ1) is 8.97. The average Bonchev–Trinajstić information content (AvgIpc) is 2.89. The number of amides is 1. The minimum absolute atomic E-state index is 0.00926. The van der Waals surface area contributed by atoms with E-state index in [4.69, 9.17) is 0 Å². The van der Waals surface area contributed by atoms with Gasteiger partial charge in [0.2, 0.25) is 10.0 Å². The van der Waals surface area contributed by atoms with Crippen LogP contribution in [-0.2, 0) is 10.0 Å². The van der Waals surface area contributed by atoms with E-state index in [2.05, 4.69) is 4.72 Å². The molecule has 5 nitrogen and oxygen atoms in total. The molecule has 1 saturated heterocycles. The molecule has 1 aromatic rings. The van der Waals surface area contributed by atoms with E-state index in [-0.39, 0.29) is 11.9 Å². The van der Waals surface area contributed by atoms with Crippen LogP contribution in [0.4, 0.5) is 0 Å². The van der Waals surface area contributed by atoms with Crippen molar-refractivity contribution in [1.29, 1.82) is 0 Å². The van der Waals surface area contributed by atoms with Gasteiger partial charge in [-0.15, -0.1) is 11.3 Å². The van der Waals surface area contributed by atoms with Gasteiger partial charge in [0.1, 0.15) is 0 Å². The second-order valence-corrected chi connectivity index (χ2v) is 7.53. The van der Waals surface area contributed by atoms with Gasteiger partial charge in [0, 0.05) is 19.1 Å². The summed E-state index contributed by atoms with van der Waals surface area (Å²) in [4.78, 5) is 14.9. The Bertz CT molecular complexity index is 525. The Labute approximate surface area is 117 Å². The molecule has 19 heavy (non-hydrogen) atoms. The summed E-state index contributed by atoms with van der Waals surface area (Å²) in [5, 5.41) is 1.88. The van der Waals surface area contributed by atoms with Gasteiger partial charge in [-0.1, -0.05) is 6.07 Å². The van der Waals surface area contributed by atoms with Crippen molar-refractivity contribution in [3.63, 3.8) is 0 Å². The Morgan fingerprint density at radius 3 is 2.95 bits per heavy atom. The molecule has 0 radical (unpaired) electrons. The number of sulfonamides is 1. The molecule has 1 N–H and O–H groups in total. The monoisotopic (exact) mass is 302 g/mol. The maximum atomic E-state index is 12.4. The lowest BCUT2D eigenvalue weighted by Gasteiger charge is -2.35. The van der Waals surface area contributed by atoms with Crippen molar-refractivity contribution in [3.8, 4) is 0 Å². The summed E-state index contributed by atoms with van der Waals surface area (Å²) >= 11 is 1.42. The smallest absolute Gasteiger partial charge is 0.264 e. The molecule has 0 bridgehead atoms. The van der Waals surface area contributed by atoms with E-state index >= 15 is 0 Å². The van der Waals surface area contributed by atoms with Crippen molar-refractivity contribution >= 4 is 27.3 Å². The fourth-order valence-corrected chi connectivity index (χ4v) is 3.44. The van der Waals surface area contributed by atoms with Crippen molar-refractivity contribution in [2.75, 3.05) is 19.3 Å². The summed E-state index contributed by atoms with van der Waals surface area (Å²) in [6, 6.07) is 3.62. The lowest BCUT2D eigenvalue weighted by atomic mass is 10.0. The molecule has 2 rings (SSSR count). The highest BCUT2D eigenvalue weighted by molar-refractivity contribution is 7.88. The van der Waals surface area contributed by atoms with Crippen LogP contribution in [0.5, 0.6) is 0 Å². The number of piperidine rings is 1. The molecule has 1 aromatic heterocycles. The summed E-state index contributed by atoms with van der Waals surface area (Å²) in [5.41, 5.74) is 0. The van der Waals surface area contributed by atoms with Gasteiger partial charge in [-0.2, -0.15) is 0 Å². The number of hydrogen-bond acceptors (Lipinski definition) is 4. The number of rotatable bonds is 4. The highest BCUT2D eigenvalue weighted by Gasteiger charge is 2.28. The van der Waals surface area contributed by atoms with E-state index in [0.29, 0.717) is 18.0 Å². The molecular weight excluding hydrogens is 284 g/mol. The van der Waals surface area contributed by atoms with Gasteiger partial charge in [0.15, 0.2) is 0 Å². The van der Waals surface area contributed by atoms with Crippen LogP contribution in [0.2, 0.25) is 0 Å². The standard InChI is InChI=1S/C12H18N2O3S2/c1-19(16,17)13-9-10-5-2-3-7-14(10)12(15)11-6-4-8-18-11/h4,6,8,10,13H,2-3,5,7,9H2,1H3. The Hall–Kier alpha value is -0.920. The average molecular weight is 302 g/mol. The van der Waals surface area contributed by atoms with E-state index < -0.39 is 10.0 Å². The Morgan fingerprint density at radius 1 is 1.53 bits per heavy atom. The molecule has 1 fully saturated rings. The molecule has 0 saturated carbocycles. The molecule has 1 amide bonds. The van der Waals surface area contributed by atoms with Crippen LogP contribution in [0.25, 0.3) is 0 Å². The molecule has 1 aliphatic rings. The predicted molar refractivity (Wildman–Crippen MR) is 75.8 cm³/mol. The molecule has 1 aliphatic heterocycles. The summed E-state index contributed by atoms with van der Waals surface area (Å²) in [5.74, 6) is 0.00926. The van der Waals surface area contributed by atoms with E-state index in [1.54, 1.807) is 4.90 Å². The number of likely N-dealkylation sites (tertiary alicyclic amines) is 1. The van der Waals surface area contributed by atoms with Gasteiger partial charge in [-0.25, -0.2) is 13.1 Å².